The minimum absolute atomic E-state index is 0.141. The zero-order valence-corrected chi connectivity index (χ0v) is 10.2. The standard InChI is InChI=1S/C12H27NO2/c1-3-5-6-11(4-2)9-12(10-15)13-7-8-14/h11-15H,3-10H2,1-2H3. The Bertz CT molecular complexity index is 117. The lowest BCUT2D eigenvalue weighted by molar-refractivity contribution is 0.201. The maximum Gasteiger partial charge on any atom is 0.0584 e. The summed E-state index contributed by atoms with van der Waals surface area (Å²) < 4.78 is 0. The first-order valence-corrected chi connectivity index (χ1v) is 6.23. The van der Waals surface area contributed by atoms with E-state index >= 15 is 0 Å². The van der Waals surface area contributed by atoms with Gasteiger partial charge in [-0.25, -0.2) is 0 Å². The first kappa shape index (κ1) is 14.9. The van der Waals surface area contributed by atoms with E-state index in [4.69, 9.17) is 5.11 Å². The van der Waals surface area contributed by atoms with Crippen molar-refractivity contribution in [3.8, 4) is 0 Å². The number of rotatable bonds is 10. The highest BCUT2D eigenvalue weighted by Crippen LogP contribution is 2.18. The van der Waals surface area contributed by atoms with E-state index in [1.54, 1.807) is 0 Å². The average molecular weight is 217 g/mol. The van der Waals surface area contributed by atoms with Gasteiger partial charge in [0, 0.05) is 12.6 Å². The van der Waals surface area contributed by atoms with Crippen molar-refractivity contribution in [1.82, 2.24) is 5.32 Å². The van der Waals surface area contributed by atoms with Gasteiger partial charge in [-0.1, -0.05) is 39.5 Å². The second kappa shape index (κ2) is 10.4. The van der Waals surface area contributed by atoms with Gasteiger partial charge in [-0.15, -0.1) is 0 Å². The second-order valence-electron chi connectivity index (χ2n) is 4.21. The smallest absolute Gasteiger partial charge is 0.0584 e. The van der Waals surface area contributed by atoms with E-state index in [9.17, 15) is 5.11 Å². The van der Waals surface area contributed by atoms with E-state index in [2.05, 4.69) is 19.2 Å². The van der Waals surface area contributed by atoms with Gasteiger partial charge in [-0.05, 0) is 12.3 Å². The van der Waals surface area contributed by atoms with Gasteiger partial charge < -0.3 is 15.5 Å². The summed E-state index contributed by atoms with van der Waals surface area (Å²) in [5.41, 5.74) is 0. The fourth-order valence-electron chi connectivity index (χ4n) is 1.87. The molecule has 2 unspecified atom stereocenters. The first-order chi connectivity index (χ1) is 7.28. The Kier molecular flexibility index (Phi) is 10.3. The molecule has 2 atom stereocenters. The highest BCUT2D eigenvalue weighted by atomic mass is 16.3. The van der Waals surface area contributed by atoms with Crippen LogP contribution in [0, 0.1) is 5.92 Å². The monoisotopic (exact) mass is 217 g/mol. The molecule has 0 aliphatic rings. The van der Waals surface area contributed by atoms with Gasteiger partial charge in [-0.2, -0.15) is 0 Å². The van der Waals surface area contributed by atoms with Crippen LogP contribution in [0.25, 0.3) is 0 Å². The topological polar surface area (TPSA) is 52.5 Å². The SMILES string of the molecule is CCCCC(CC)CC(CO)NCCO. The lowest BCUT2D eigenvalue weighted by Crippen LogP contribution is -2.36. The molecule has 0 saturated carbocycles. The van der Waals surface area contributed by atoms with Gasteiger partial charge in [0.15, 0.2) is 0 Å². The fourth-order valence-corrected chi connectivity index (χ4v) is 1.87. The van der Waals surface area contributed by atoms with Crippen molar-refractivity contribution in [2.75, 3.05) is 19.8 Å². The van der Waals surface area contributed by atoms with E-state index in [1.165, 1.54) is 25.7 Å². The van der Waals surface area contributed by atoms with Crippen molar-refractivity contribution in [3.05, 3.63) is 0 Å². The molecule has 0 spiro atoms. The molecule has 0 aromatic rings. The third-order valence-electron chi connectivity index (χ3n) is 2.93. The predicted molar refractivity (Wildman–Crippen MR) is 63.9 cm³/mol. The van der Waals surface area contributed by atoms with Crippen molar-refractivity contribution in [1.29, 1.82) is 0 Å². The van der Waals surface area contributed by atoms with Gasteiger partial charge in [0.25, 0.3) is 0 Å². The van der Waals surface area contributed by atoms with Crippen molar-refractivity contribution in [2.24, 2.45) is 5.92 Å². The minimum Gasteiger partial charge on any atom is -0.395 e. The molecule has 0 rings (SSSR count). The Labute approximate surface area is 93.9 Å². The molecule has 3 heteroatoms. The normalized spacial score (nSPS) is 15.2. The molecule has 0 aliphatic carbocycles. The largest absolute Gasteiger partial charge is 0.395 e. The molecule has 3 N–H and O–H groups in total. The van der Waals surface area contributed by atoms with Crippen LogP contribution in [-0.2, 0) is 0 Å². The summed E-state index contributed by atoms with van der Waals surface area (Å²) >= 11 is 0. The van der Waals surface area contributed by atoms with Crippen molar-refractivity contribution >= 4 is 0 Å². The van der Waals surface area contributed by atoms with Crippen LogP contribution in [0.3, 0.4) is 0 Å². The molecule has 0 aliphatic heterocycles. The van der Waals surface area contributed by atoms with Gasteiger partial charge in [0.1, 0.15) is 0 Å². The van der Waals surface area contributed by atoms with E-state index < -0.39 is 0 Å². The number of aliphatic hydroxyl groups excluding tert-OH is 2. The van der Waals surface area contributed by atoms with Crippen LogP contribution in [-0.4, -0.2) is 36.0 Å². The molecule has 0 amide bonds. The predicted octanol–water partition coefficient (Wildman–Crippen LogP) is 1.54. The molecular weight excluding hydrogens is 190 g/mol. The number of nitrogens with one attached hydrogen (secondary N) is 1. The summed E-state index contributed by atoms with van der Waals surface area (Å²) in [6, 6.07) is 0.152. The summed E-state index contributed by atoms with van der Waals surface area (Å²) in [4.78, 5) is 0. The second-order valence-corrected chi connectivity index (χ2v) is 4.21. The summed E-state index contributed by atoms with van der Waals surface area (Å²) in [6.07, 6.45) is 5.97. The number of aliphatic hydroxyl groups is 2. The van der Waals surface area contributed by atoms with Crippen LogP contribution in [0.4, 0.5) is 0 Å². The maximum absolute atomic E-state index is 9.18. The lowest BCUT2D eigenvalue weighted by Gasteiger charge is -2.21. The van der Waals surface area contributed by atoms with Crippen LogP contribution in [0.2, 0.25) is 0 Å². The number of hydrogen-bond acceptors (Lipinski definition) is 3. The van der Waals surface area contributed by atoms with E-state index in [-0.39, 0.29) is 19.3 Å². The van der Waals surface area contributed by atoms with Crippen LogP contribution in [0.15, 0.2) is 0 Å². The minimum atomic E-state index is 0.141. The Morgan fingerprint density at radius 3 is 2.40 bits per heavy atom. The summed E-state index contributed by atoms with van der Waals surface area (Å²) in [5, 5.41) is 21.0. The quantitative estimate of drug-likeness (QED) is 0.520. The zero-order valence-electron chi connectivity index (χ0n) is 10.2. The van der Waals surface area contributed by atoms with E-state index in [1.807, 2.05) is 0 Å². The van der Waals surface area contributed by atoms with Crippen molar-refractivity contribution in [2.45, 2.75) is 52.0 Å². The Balaban J connectivity index is 3.77. The van der Waals surface area contributed by atoms with Gasteiger partial charge in [-0.3, -0.25) is 0 Å². The molecule has 92 valence electrons. The van der Waals surface area contributed by atoms with Gasteiger partial charge in [0.2, 0.25) is 0 Å². The maximum atomic E-state index is 9.18. The summed E-state index contributed by atoms with van der Waals surface area (Å²) in [5.74, 6) is 0.702. The lowest BCUT2D eigenvalue weighted by atomic mass is 9.92. The van der Waals surface area contributed by atoms with Crippen LogP contribution in [0.5, 0.6) is 0 Å². The van der Waals surface area contributed by atoms with Crippen LogP contribution in [0.1, 0.15) is 46.0 Å². The molecule has 0 fully saturated rings. The highest BCUT2D eigenvalue weighted by Gasteiger charge is 2.13. The molecule has 3 nitrogen and oxygen atoms in total. The molecule has 0 aromatic heterocycles. The zero-order chi connectivity index (χ0) is 11.5. The molecule has 0 radical (unpaired) electrons. The first-order valence-electron chi connectivity index (χ1n) is 6.23. The van der Waals surface area contributed by atoms with Crippen molar-refractivity contribution in [3.63, 3.8) is 0 Å². The Morgan fingerprint density at radius 1 is 1.20 bits per heavy atom. The van der Waals surface area contributed by atoms with Gasteiger partial charge in [0.05, 0.1) is 13.2 Å². The number of unbranched alkanes of at least 4 members (excludes halogenated alkanes) is 1. The van der Waals surface area contributed by atoms with Crippen LogP contribution >= 0.6 is 0 Å². The molecule has 0 bridgehead atoms. The molecule has 0 aromatic carbocycles. The third kappa shape index (κ3) is 7.77. The number of hydrogen-bond donors (Lipinski definition) is 3. The summed E-state index contributed by atoms with van der Waals surface area (Å²) in [7, 11) is 0. The van der Waals surface area contributed by atoms with Gasteiger partial charge >= 0.3 is 0 Å². The molecule has 15 heavy (non-hydrogen) atoms. The summed E-state index contributed by atoms with van der Waals surface area (Å²) in [6.45, 7) is 5.31. The Morgan fingerprint density at radius 2 is 1.93 bits per heavy atom. The highest BCUT2D eigenvalue weighted by molar-refractivity contribution is 4.70. The fraction of sp³-hybridized carbons (Fsp3) is 1.00. The van der Waals surface area contributed by atoms with Crippen LogP contribution < -0.4 is 5.32 Å². The Hall–Kier alpha value is -0.120. The third-order valence-corrected chi connectivity index (χ3v) is 2.93. The molecular formula is C12H27NO2. The van der Waals surface area contributed by atoms with E-state index in [0.29, 0.717) is 12.5 Å². The molecule has 0 saturated heterocycles. The van der Waals surface area contributed by atoms with Crippen molar-refractivity contribution < 1.29 is 10.2 Å². The average Bonchev–Trinajstić information content (AvgIpc) is 2.28. The van der Waals surface area contributed by atoms with E-state index in [0.717, 1.165) is 6.42 Å². The molecule has 0 heterocycles.